The second-order valence-corrected chi connectivity index (χ2v) is 16.1. The van der Waals surface area contributed by atoms with E-state index in [4.69, 9.17) is 0 Å². The molecule has 0 aromatic heterocycles. The molecule has 0 saturated heterocycles. The zero-order chi connectivity index (χ0) is 34.4. The summed E-state index contributed by atoms with van der Waals surface area (Å²) in [6.07, 6.45) is 60.4. The predicted molar refractivity (Wildman–Crippen MR) is 219 cm³/mol. The van der Waals surface area contributed by atoms with Crippen molar-refractivity contribution < 1.29 is 0 Å². The van der Waals surface area contributed by atoms with Crippen molar-refractivity contribution in [3.8, 4) is 0 Å². The molecule has 286 valence electrons. The number of hydrogen-bond donors (Lipinski definition) is 0. The molecule has 2 nitrogen and oxygen atoms in total. The molecule has 0 aliphatic carbocycles. The Morgan fingerprint density at radius 2 is 0.479 bits per heavy atom. The highest BCUT2D eigenvalue weighted by atomic mass is 15.4. The zero-order valence-electron chi connectivity index (χ0n) is 33.9. The summed E-state index contributed by atoms with van der Waals surface area (Å²) in [6.45, 7) is 9.49. The number of unbranched alkanes of at least 4 members (excludes halogenated alkanes) is 34. The average molecular weight is 673 g/mol. The summed E-state index contributed by atoms with van der Waals surface area (Å²) in [5.74, 6) is 0. The van der Waals surface area contributed by atoms with E-state index in [1.54, 1.807) is 0 Å². The fraction of sp³-hybridized carbons (Fsp3) is 0.957. The van der Waals surface area contributed by atoms with Crippen LogP contribution in [0.15, 0.2) is 12.4 Å². The molecular formula is C46H92N2. The Bertz CT molecular complexity index is 630. The molecular weight excluding hydrogens is 581 g/mol. The van der Waals surface area contributed by atoms with Gasteiger partial charge >= 0.3 is 0 Å². The molecule has 0 aromatic rings. The molecule has 48 heavy (non-hydrogen) atoms. The van der Waals surface area contributed by atoms with E-state index in [-0.39, 0.29) is 0 Å². The lowest BCUT2D eigenvalue weighted by Gasteiger charge is -2.33. The van der Waals surface area contributed by atoms with Gasteiger partial charge in [0.15, 0.2) is 0 Å². The van der Waals surface area contributed by atoms with Gasteiger partial charge in [-0.15, -0.1) is 0 Å². The summed E-state index contributed by atoms with van der Waals surface area (Å²) < 4.78 is 0. The molecule has 0 N–H and O–H groups in total. The molecule has 1 heterocycles. The van der Waals surface area contributed by atoms with Crippen LogP contribution in [-0.2, 0) is 0 Å². The van der Waals surface area contributed by atoms with E-state index in [1.807, 2.05) is 0 Å². The van der Waals surface area contributed by atoms with Gasteiger partial charge in [0, 0.05) is 25.5 Å². The van der Waals surface area contributed by atoms with Crippen LogP contribution in [0.4, 0.5) is 0 Å². The Morgan fingerprint density at radius 1 is 0.271 bits per heavy atom. The molecule has 1 unspecified atom stereocenters. The van der Waals surface area contributed by atoms with Gasteiger partial charge in [-0.3, -0.25) is 0 Å². The van der Waals surface area contributed by atoms with Crippen molar-refractivity contribution in [2.75, 3.05) is 13.1 Å². The maximum absolute atomic E-state index is 2.73. The lowest BCUT2D eigenvalue weighted by Crippen LogP contribution is -2.39. The Labute approximate surface area is 305 Å². The summed E-state index contributed by atoms with van der Waals surface area (Å²) in [5.41, 5.74) is 0. The molecule has 1 rings (SSSR count). The van der Waals surface area contributed by atoms with Crippen LogP contribution in [0, 0.1) is 0 Å². The van der Waals surface area contributed by atoms with Crippen LogP contribution in [0.3, 0.4) is 0 Å². The quantitative estimate of drug-likeness (QED) is 0.0598. The third-order valence-electron chi connectivity index (χ3n) is 11.3. The molecule has 0 saturated carbocycles. The van der Waals surface area contributed by atoms with Gasteiger partial charge < -0.3 is 9.80 Å². The van der Waals surface area contributed by atoms with E-state index in [1.165, 1.54) is 257 Å². The van der Waals surface area contributed by atoms with E-state index < -0.39 is 0 Å². The van der Waals surface area contributed by atoms with Crippen LogP contribution < -0.4 is 0 Å². The minimum absolute atomic E-state index is 0.638. The third kappa shape index (κ3) is 29.1. The third-order valence-corrected chi connectivity index (χ3v) is 11.3. The van der Waals surface area contributed by atoms with Crippen molar-refractivity contribution in [2.24, 2.45) is 0 Å². The first-order valence-electron chi connectivity index (χ1n) is 23.0. The van der Waals surface area contributed by atoms with Crippen molar-refractivity contribution in [3.63, 3.8) is 0 Å². The van der Waals surface area contributed by atoms with E-state index >= 15 is 0 Å². The maximum atomic E-state index is 2.73. The maximum Gasteiger partial charge on any atom is 0.101 e. The molecule has 1 aliphatic heterocycles. The predicted octanol–water partition coefficient (Wildman–Crippen LogP) is 16.3. The van der Waals surface area contributed by atoms with Crippen LogP contribution >= 0.6 is 0 Å². The summed E-state index contributed by atoms with van der Waals surface area (Å²) in [6, 6.07) is 0. The summed E-state index contributed by atoms with van der Waals surface area (Å²) >= 11 is 0. The van der Waals surface area contributed by atoms with E-state index in [2.05, 4.69) is 43.0 Å². The lowest BCUT2D eigenvalue weighted by atomic mass is 10.0. The van der Waals surface area contributed by atoms with Crippen molar-refractivity contribution in [1.82, 2.24) is 9.80 Å². The summed E-state index contributed by atoms with van der Waals surface area (Å²) in [5, 5.41) is 0. The highest BCUT2D eigenvalue weighted by Crippen LogP contribution is 2.24. The van der Waals surface area contributed by atoms with E-state index in [0.717, 1.165) is 0 Å². The molecule has 0 bridgehead atoms. The molecule has 0 fully saturated rings. The fourth-order valence-electron chi connectivity index (χ4n) is 7.95. The van der Waals surface area contributed by atoms with Gasteiger partial charge in [-0.2, -0.15) is 0 Å². The highest BCUT2D eigenvalue weighted by Gasteiger charge is 2.24. The standard InChI is InChI=1S/C46H92N2/c1-4-7-10-13-16-18-20-22-24-26-28-30-32-35-38-41-46-47(42-39-36-33-15-12-9-6-3)44-45-48(46)43-40-37-34-31-29-27-25-23-21-19-17-14-11-8-5-2/h44-46H,4-43H2,1-3H3. The Balaban J connectivity index is 2.15. The van der Waals surface area contributed by atoms with Crippen molar-refractivity contribution in [2.45, 2.75) is 271 Å². The molecule has 0 radical (unpaired) electrons. The first kappa shape index (κ1) is 45.4. The molecule has 1 atom stereocenters. The second kappa shape index (κ2) is 37.6. The van der Waals surface area contributed by atoms with Crippen LogP contribution in [0.25, 0.3) is 0 Å². The molecule has 2 heteroatoms. The molecule has 0 spiro atoms. The van der Waals surface area contributed by atoms with Gasteiger partial charge in [0.2, 0.25) is 0 Å². The van der Waals surface area contributed by atoms with E-state index in [9.17, 15) is 0 Å². The Morgan fingerprint density at radius 3 is 0.729 bits per heavy atom. The van der Waals surface area contributed by atoms with Crippen LogP contribution in [0.2, 0.25) is 0 Å². The monoisotopic (exact) mass is 673 g/mol. The van der Waals surface area contributed by atoms with Crippen LogP contribution in [0.5, 0.6) is 0 Å². The topological polar surface area (TPSA) is 6.48 Å². The van der Waals surface area contributed by atoms with Crippen molar-refractivity contribution in [3.05, 3.63) is 12.4 Å². The second-order valence-electron chi connectivity index (χ2n) is 16.1. The highest BCUT2D eigenvalue weighted by molar-refractivity contribution is 4.97. The fourth-order valence-corrected chi connectivity index (χ4v) is 7.95. The smallest absolute Gasteiger partial charge is 0.101 e. The number of hydrogen-bond acceptors (Lipinski definition) is 2. The van der Waals surface area contributed by atoms with Gasteiger partial charge in [-0.1, -0.05) is 239 Å². The summed E-state index contributed by atoms with van der Waals surface area (Å²) in [4.78, 5) is 5.45. The lowest BCUT2D eigenvalue weighted by molar-refractivity contribution is 0.135. The molecule has 1 aliphatic rings. The summed E-state index contributed by atoms with van der Waals surface area (Å²) in [7, 11) is 0. The van der Waals surface area contributed by atoms with Gasteiger partial charge in [0.1, 0.15) is 6.17 Å². The minimum atomic E-state index is 0.638. The van der Waals surface area contributed by atoms with Gasteiger partial charge in [-0.25, -0.2) is 0 Å². The normalized spacial score (nSPS) is 14.6. The molecule has 0 aromatic carbocycles. The zero-order valence-corrected chi connectivity index (χ0v) is 33.9. The Kier molecular flexibility index (Phi) is 35.5. The van der Waals surface area contributed by atoms with Crippen molar-refractivity contribution in [1.29, 1.82) is 0 Å². The first-order valence-corrected chi connectivity index (χ1v) is 23.0. The van der Waals surface area contributed by atoms with E-state index in [0.29, 0.717) is 6.17 Å². The van der Waals surface area contributed by atoms with Crippen LogP contribution in [-0.4, -0.2) is 29.1 Å². The molecule has 0 amide bonds. The van der Waals surface area contributed by atoms with Gasteiger partial charge in [-0.05, 0) is 25.7 Å². The average Bonchev–Trinajstić information content (AvgIpc) is 3.48. The first-order chi connectivity index (χ1) is 23.8. The van der Waals surface area contributed by atoms with Crippen molar-refractivity contribution >= 4 is 0 Å². The largest absolute Gasteiger partial charge is 0.356 e. The van der Waals surface area contributed by atoms with Gasteiger partial charge in [0.25, 0.3) is 0 Å². The van der Waals surface area contributed by atoms with Crippen LogP contribution in [0.1, 0.15) is 265 Å². The Hall–Kier alpha value is -0.660. The SMILES string of the molecule is CCCCCCCCCCCCCCCCCC1N(CCCCCCCCC)C=CN1CCCCCCCCCCCCCCCCC. The number of nitrogens with zero attached hydrogens (tertiary/aromatic N) is 2. The van der Waals surface area contributed by atoms with Gasteiger partial charge in [0.05, 0.1) is 0 Å². The minimum Gasteiger partial charge on any atom is -0.356 e. The number of rotatable bonds is 40.